The Kier molecular flexibility index (Phi) is 7.57. The van der Waals surface area contributed by atoms with Gasteiger partial charge in [-0.15, -0.1) is 6.58 Å². The molecule has 2 N–H and O–H groups in total. The second-order valence-electron chi connectivity index (χ2n) is 5.82. The van der Waals surface area contributed by atoms with Gasteiger partial charge in [-0.2, -0.15) is 0 Å². The van der Waals surface area contributed by atoms with Crippen molar-refractivity contribution in [2.75, 3.05) is 18.5 Å². The van der Waals surface area contributed by atoms with E-state index >= 15 is 0 Å². The SMILES string of the molecule is C=CCNS(=O)(=O)c1ccc(NC(=O)c2ccccc2OCCCC)cc1. The highest BCUT2D eigenvalue weighted by Crippen LogP contribution is 2.21. The zero-order chi connectivity index (χ0) is 19.7. The highest BCUT2D eigenvalue weighted by atomic mass is 32.2. The van der Waals surface area contributed by atoms with Crippen LogP contribution in [0, 0.1) is 0 Å². The normalized spacial score (nSPS) is 11.0. The third-order valence-electron chi connectivity index (χ3n) is 3.73. The zero-order valence-corrected chi connectivity index (χ0v) is 16.1. The molecule has 0 aliphatic carbocycles. The van der Waals surface area contributed by atoms with E-state index in [1.807, 2.05) is 6.07 Å². The molecule has 2 aromatic rings. The lowest BCUT2D eigenvalue weighted by molar-refractivity contribution is 0.102. The summed E-state index contributed by atoms with van der Waals surface area (Å²) in [5.74, 6) is 0.207. The van der Waals surface area contributed by atoms with E-state index in [1.54, 1.807) is 30.3 Å². The molecule has 0 atom stereocenters. The van der Waals surface area contributed by atoms with Gasteiger partial charge in [0.2, 0.25) is 10.0 Å². The molecule has 0 saturated carbocycles. The van der Waals surface area contributed by atoms with E-state index < -0.39 is 10.0 Å². The Morgan fingerprint density at radius 1 is 1.15 bits per heavy atom. The van der Waals surface area contributed by atoms with Crippen LogP contribution in [0.1, 0.15) is 30.1 Å². The molecule has 0 saturated heterocycles. The van der Waals surface area contributed by atoms with Gasteiger partial charge in [0.15, 0.2) is 0 Å². The van der Waals surface area contributed by atoms with Crippen molar-refractivity contribution in [3.8, 4) is 5.75 Å². The van der Waals surface area contributed by atoms with Crippen molar-refractivity contribution in [1.29, 1.82) is 0 Å². The van der Waals surface area contributed by atoms with Gasteiger partial charge >= 0.3 is 0 Å². The molecular formula is C20H24N2O4S. The standard InChI is InChI=1S/C20H24N2O4S/c1-3-5-15-26-19-9-7-6-8-18(19)20(23)22-16-10-12-17(13-11-16)27(24,25)21-14-4-2/h4,6-13,21H,2-3,5,14-15H2,1H3,(H,22,23). The number of anilines is 1. The Bertz CT molecular complexity index is 877. The van der Waals surface area contributed by atoms with Crippen LogP contribution in [0.4, 0.5) is 5.69 Å². The van der Waals surface area contributed by atoms with Gasteiger partial charge in [0.05, 0.1) is 17.1 Å². The van der Waals surface area contributed by atoms with Crippen molar-refractivity contribution in [3.05, 3.63) is 66.7 Å². The summed E-state index contributed by atoms with van der Waals surface area (Å²) in [5.41, 5.74) is 0.920. The molecule has 0 radical (unpaired) electrons. The molecule has 27 heavy (non-hydrogen) atoms. The van der Waals surface area contributed by atoms with E-state index in [2.05, 4.69) is 23.5 Å². The van der Waals surface area contributed by atoms with Gasteiger partial charge in [0, 0.05) is 12.2 Å². The van der Waals surface area contributed by atoms with Gasteiger partial charge in [-0.1, -0.05) is 31.6 Å². The second kappa shape index (κ2) is 9.89. The number of carbonyl (C=O) groups excluding carboxylic acids is 1. The molecule has 0 aromatic heterocycles. The maximum atomic E-state index is 12.6. The van der Waals surface area contributed by atoms with Crippen molar-refractivity contribution in [1.82, 2.24) is 4.72 Å². The van der Waals surface area contributed by atoms with Gasteiger partial charge in [-0.3, -0.25) is 4.79 Å². The number of unbranched alkanes of at least 4 members (excludes halogenated alkanes) is 1. The van der Waals surface area contributed by atoms with E-state index in [-0.39, 0.29) is 17.3 Å². The number of benzene rings is 2. The molecule has 0 aliphatic heterocycles. The van der Waals surface area contributed by atoms with E-state index in [1.165, 1.54) is 18.2 Å². The fourth-order valence-electron chi connectivity index (χ4n) is 2.27. The van der Waals surface area contributed by atoms with Gasteiger partial charge in [0.25, 0.3) is 5.91 Å². The third-order valence-corrected chi connectivity index (χ3v) is 5.17. The maximum absolute atomic E-state index is 12.6. The number of carbonyl (C=O) groups is 1. The average molecular weight is 388 g/mol. The molecule has 0 unspecified atom stereocenters. The Labute approximate surface area is 160 Å². The average Bonchev–Trinajstić information content (AvgIpc) is 2.67. The lowest BCUT2D eigenvalue weighted by Crippen LogP contribution is -2.23. The Balaban J connectivity index is 2.09. The number of nitrogens with one attached hydrogen (secondary N) is 2. The minimum Gasteiger partial charge on any atom is -0.493 e. The number of rotatable bonds is 10. The summed E-state index contributed by atoms with van der Waals surface area (Å²) in [6.07, 6.45) is 3.38. The van der Waals surface area contributed by atoms with Crippen molar-refractivity contribution < 1.29 is 17.9 Å². The number of sulfonamides is 1. The first-order valence-electron chi connectivity index (χ1n) is 8.71. The molecule has 2 aromatic carbocycles. The Hall–Kier alpha value is -2.64. The lowest BCUT2D eigenvalue weighted by atomic mass is 10.2. The first-order chi connectivity index (χ1) is 13.0. The highest BCUT2D eigenvalue weighted by molar-refractivity contribution is 7.89. The lowest BCUT2D eigenvalue weighted by Gasteiger charge is -2.12. The van der Waals surface area contributed by atoms with E-state index in [0.717, 1.165) is 12.8 Å². The van der Waals surface area contributed by atoms with Gasteiger partial charge < -0.3 is 10.1 Å². The van der Waals surface area contributed by atoms with Gasteiger partial charge in [-0.25, -0.2) is 13.1 Å². The van der Waals surface area contributed by atoms with Crippen LogP contribution in [0.2, 0.25) is 0 Å². The first-order valence-corrected chi connectivity index (χ1v) is 10.2. The van der Waals surface area contributed by atoms with Crippen LogP contribution in [0.25, 0.3) is 0 Å². The molecule has 0 heterocycles. The summed E-state index contributed by atoms with van der Waals surface area (Å²) < 4.78 is 32.2. The van der Waals surface area contributed by atoms with Crippen molar-refractivity contribution >= 4 is 21.6 Å². The van der Waals surface area contributed by atoms with Gasteiger partial charge in [0.1, 0.15) is 5.75 Å². The molecule has 0 bridgehead atoms. The van der Waals surface area contributed by atoms with E-state index in [4.69, 9.17) is 4.74 Å². The van der Waals surface area contributed by atoms with Gasteiger partial charge in [-0.05, 0) is 42.8 Å². The number of amides is 1. The predicted octanol–water partition coefficient (Wildman–Crippen LogP) is 3.58. The topological polar surface area (TPSA) is 84.5 Å². The van der Waals surface area contributed by atoms with Crippen LogP contribution in [0.3, 0.4) is 0 Å². The third kappa shape index (κ3) is 5.94. The minimum atomic E-state index is -3.59. The molecule has 7 heteroatoms. The summed E-state index contributed by atoms with van der Waals surface area (Å²) in [4.78, 5) is 12.7. The van der Waals surface area contributed by atoms with Crippen molar-refractivity contribution in [2.24, 2.45) is 0 Å². The van der Waals surface area contributed by atoms with E-state index in [9.17, 15) is 13.2 Å². The number of ether oxygens (including phenoxy) is 1. The summed E-state index contributed by atoms with van der Waals surface area (Å²) in [6, 6.07) is 13.0. The van der Waals surface area contributed by atoms with Crippen LogP contribution in [-0.4, -0.2) is 27.5 Å². The van der Waals surface area contributed by atoms with Crippen molar-refractivity contribution in [2.45, 2.75) is 24.7 Å². The second-order valence-corrected chi connectivity index (χ2v) is 7.58. The quantitative estimate of drug-likeness (QED) is 0.481. The first kappa shape index (κ1) is 20.7. The van der Waals surface area contributed by atoms with Crippen LogP contribution in [0.5, 0.6) is 5.75 Å². The predicted molar refractivity (Wildman–Crippen MR) is 107 cm³/mol. The number of hydrogen-bond donors (Lipinski definition) is 2. The molecule has 1 amide bonds. The molecule has 2 rings (SSSR count). The van der Waals surface area contributed by atoms with Crippen LogP contribution in [0.15, 0.2) is 66.1 Å². The Morgan fingerprint density at radius 3 is 2.52 bits per heavy atom. The summed E-state index contributed by atoms with van der Waals surface area (Å²) >= 11 is 0. The molecule has 0 spiro atoms. The molecule has 0 fully saturated rings. The monoisotopic (exact) mass is 388 g/mol. The van der Waals surface area contributed by atoms with Crippen LogP contribution in [-0.2, 0) is 10.0 Å². The highest BCUT2D eigenvalue weighted by Gasteiger charge is 2.15. The molecular weight excluding hydrogens is 364 g/mol. The number of hydrogen-bond acceptors (Lipinski definition) is 4. The molecule has 6 nitrogen and oxygen atoms in total. The zero-order valence-electron chi connectivity index (χ0n) is 15.3. The fourth-order valence-corrected chi connectivity index (χ4v) is 3.27. The Morgan fingerprint density at radius 2 is 1.85 bits per heavy atom. The fraction of sp³-hybridized carbons (Fsp3) is 0.250. The summed E-state index contributed by atoms with van der Waals surface area (Å²) in [7, 11) is -3.59. The summed E-state index contributed by atoms with van der Waals surface area (Å²) in [5, 5.41) is 2.76. The minimum absolute atomic E-state index is 0.116. The summed E-state index contributed by atoms with van der Waals surface area (Å²) in [6.45, 7) is 6.24. The van der Waals surface area contributed by atoms with E-state index in [0.29, 0.717) is 23.6 Å². The van der Waals surface area contributed by atoms with Crippen molar-refractivity contribution in [3.63, 3.8) is 0 Å². The smallest absolute Gasteiger partial charge is 0.259 e. The van der Waals surface area contributed by atoms with Crippen LogP contribution >= 0.6 is 0 Å². The maximum Gasteiger partial charge on any atom is 0.259 e. The van der Waals surface area contributed by atoms with Crippen LogP contribution < -0.4 is 14.8 Å². The largest absolute Gasteiger partial charge is 0.493 e. The molecule has 144 valence electrons. The number of para-hydroxylation sites is 1. The molecule has 0 aliphatic rings.